The molecule has 6 nitrogen and oxygen atoms in total. The lowest BCUT2D eigenvalue weighted by atomic mass is 9.70. The maximum atomic E-state index is 11.2. The molecule has 2 aromatic carbocycles. The Bertz CT molecular complexity index is 1000. The summed E-state index contributed by atoms with van der Waals surface area (Å²) < 4.78 is 12.7. The third-order valence-corrected chi connectivity index (χ3v) is 8.16. The molecule has 2 atom stereocenters. The van der Waals surface area contributed by atoms with Gasteiger partial charge in [-0.05, 0) is 69.3 Å². The van der Waals surface area contributed by atoms with Gasteiger partial charge in [0.2, 0.25) is 0 Å². The molecule has 2 aliphatic heterocycles. The standard InChI is InChI=1S/C26H36BN3O3/c1-25(2)26(3,4)33-27(32-25)20-9-7-8-18-16-23(24(31)17-19(18)20)30-14-12-29(13-15-30)22-11-6-5-10-21(22)28/h5-11,23-24,31H,12-17,28H2,1-4H3/t23-,24-/m0/s1. The predicted octanol–water partition coefficient (Wildman–Crippen LogP) is 2.22. The van der Waals surface area contributed by atoms with Gasteiger partial charge in [0.05, 0.1) is 28.7 Å². The molecule has 0 amide bonds. The van der Waals surface area contributed by atoms with Gasteiger partial charge in [0, 0.05) is 32.2 Å². The zero-order valence-corrected chi connectivity index (χ0v) is 20.3. The normalized spacial score (nSPS) is 26.9. The van der Waals surface area contributed by atoms with Crippen LogP contribution in [0.2, 0.25) is 0 Å². The number of benzene rings is 2. The molecule has 5 rings (SSSR count). The number of rotatable bonds is 3. The molecule has 0 bridgehead atoms. The van der Waals surface area contributed by atoms with E-state index in [4.69, 9.17) is 15.0 Å². The van der Waals surface area contributed by atoms with Gasteiger partial charge in [-0.25, -0.2) is 0 Å². The Kier molecular flexibility index (Phi) is 5.72. The summed E-state index contributed by atoms with van der Waals surface area (Å²) in [6, 6.07) is 14.6. The molecule has 1 aliphatic carbocycles. The molecule has 0 saturated carbocycles. The smallest absolute Gasteiger partial charge is 0.399 e. The number of hydrogen-bond acceptors (Lipinski definition) is 6. The Morgan fingerprint density at radius 1 is 0.909 bits per heavy atom. The van der Waals surface area contributed by atoms with Crippen molar-refractivity contribution in [3.8, 4) is 0 Å². The van der Waals surface area contributed by atoms with Gasteiger partial charge in [-0.15, -0.1) is 0 Å². The third-order valence-electron chi connectivity index (χ3n) is 8.16. The number of anilines is 2. The van der Waals surface area contributed by atoms with Crippen LogP contribution in [0.25, 0.3) is 0 Å². The van der Waals surface area contributed by atoms with Crippen LogP contribution < -0.4 is 16.1 Å². The van der Waals surface area contributed by atoms with Crippen molar-refractivity contribution in [3.05, 3.63) is 53.6 Å². The number of piperazine rings is 1. The van der Waals surface area contributed by atoms with Crippen LogP contribution in [0.1, 0.15) is 38.8 Å². The molecule has 2 fully saturated rings. The van der Waals surface area contributed by atoms with Gasteiger partial charge >= 0.3 is 7.12 Å². The van der Waals surface area contributed by atoms with E-state index >= 15 is 0 Å². The van der Waals surface area contributed by atoms with Crippen molar-refractivity contribution in [2.24, 2.45) is 0 Å². The fourth-order valence-electron chi connectivity index (χ4n) is 5.43. The average Bonchev–Trinajstić information content (AvgIpc) is 3.00. The van der Waals surface area contributed by atoms with E-state index < -0.39 is 13.2 Å². The van der Waals surface area contributed by atoms with Gasteiger partial charge < -0.3 is 25.0 Å². The molecular formula is C26H36BN3O3. The first-order chi connectivity index (χ1) is 15.7. The summed E-state index contributed by atoms with van der Waals surface area (Å²) in [6.45, 7) is 12.0. The predicted molar refractivity (Wildman–Crippen MR) is 134 cm³/mol. The first kappa shape index (κ1) is 22.7. The molecule has 176 valence electrons. The fraction of sp³-hybridized carbons (Fsp3) is 0.538. The van der Waals surface area contributed by atoms with Crippen LogP contribution >= 0.6 is 0 Å². The van der Waals surface area contributed by atoms with E-state index in [-0.39, 0.29) is 17.2 Å². The Morgan fingerprint density at radius 3 is 2.24 bits per heavy atom. The Labute approximate surface area is 197 Å². The minimum absolute atomic E-state index is 0.126. The quantitative estimate of drug-likeness (QED) is 0.553. The molecule has 7 heteroatoms. The Morgan fingerprint density at radius 2 is 1.58 bits per heavy atom. The monoisotopic (exact) mass is 449 g/mol. The van der Waals surface area contributed by atoms with E-state index in [0.29, 0.717) is 6.42 Å². The van der Waals surface area contributed by atoms with Crippen LogP contribution in [0, 0.1) is 0 Å². The van der Waals surface area contributed by atoms with E-state index in [1.807, 2.05) is 18.2 Å². The number of nitrogens with zero attached hydrogens (tertiary/aromatic N) is 2. The molecule has 2 heterocycles. The molecule has 0 radical (unpaired) electrons. The summed E-state index contributed by atoms with van der Waals surface area (Å²) in [5, 5.41) is 11.2. The van der Waals surface area contributed by atoms with Gasteiger partial charge in [0.25, 0.3) is 0 Å². The lowest BCUT2D eigenvalue weighted by molar-refractivity contribution is 0.00578. The Balaban J connectivity index is 1.30. The van der Waals surface area contributed by atoms with Crippen molar-refractivity contribution in [1.82, 2.24) is 4.90 Å². The topological polar surface area (TPSA) is 71.2 Å². The first-order valence-electron chi connectivity index (χ1n) is 12.1. The molecule has 3 N–H and O–H groups in total. The fourth-order valence-corrected chi connectivity index (χ4v) is 5.43. The highest BCUT2D eigenvalue weighted by molar-refractivity contribution is 6.62. The number of fused-ring (bicyclic) bond motifs is 1. The molecule has 2 aromatic rings. The van der Waals surface area contributed by atoms with E-state index in [9.17, 15) is 5.11 Å². The van der Waals surface area contributed by atoms with Crippen molar-refractivity contribution < 1.29 is 14.4 Å². The zero-order valence-electron chi connectivity index (χ0n) is 20.3. The summed E-state index contributed by atoms with van der Waals surface area (Å²) >= 11 is 0. The SMILES string of the molecule is CC1(C)OB(c2cccc3c2C[C@H](O)[C@@H](N2CCN(c4ccccc4N)CC2)C3)OC1(C)C. The second-order valence-electron chi connectivity index (χ2n) is 10.7. The van der Waals surface area contributed by atoms with Crippen molar-refractivity contribution in [2.75, 3.05) is 36.8 Å². The van der Waals surface area contributed by atoms with Crippen LogP contribution in [0.4, 0.5) is 11.4 Å². The summed E-state index contributed by atoms with van der Waals surface area (Å²) in [6.07, 6.45) is 1.07. The summed E-state index contributed by atoms with van der Waals surface area (Å²) in [5.74, 6) is 0. The second-order valence-corrected chi connectivity index (χ2v) is 10.7. The summed E-state index contributed by atoms with van der Waals surface area (Å²) in [4.78, 5) is 4.80. The summed E-state index contributed by atoms with van der Waals surface area (Å²) in [7, 11) is -0.395. The number of nitrogens with two attached hydrogens (primary N) is 1. The lowest BCUT2D eigenvalue weighted by Crippen LogP contribution is -2.56. The van der Waals surface area contributed by atoms with E-state index in [2.05, 4.69) is 61.8 Å². The van der Waals surface area contributed by atoms with Crippen LogP contribution in [0.15, 0.2) is 42.5 Å². The maximum absolute atomic E-state index is 11.2. The van der Waals surface area contributed by atoms with Crippen LogP contribution in [-0.4, -0.2) is 66.7 Å². The van der Waals surface area contributed by atoms with Gasteiger partial charge in [0.15, 0.2) is 0 Å². The second kappa shape index (κ2) is 8.31. The highest BCUT2D eigenvalue weighted by atomic mass is 16.7. The van der Waals surface area contributed by atoms with Gasteiger partial charge in [-0.3, -0.25) is 4.90 Å². The van der Waals surface area contributed by atoms with E-state index in [1.165, 1.54) is 11.1 Å². The number of hydrogen-bond donors (Lipinski definition) is 2. The van der Waals surface area contributed by atoms with Crippen molar-refractivity contribution >= 4 is 24.0 Å². The molecule has 0 spiro atoms. The maximum Gasteiger partial charge on any atom is 0.495 e. The number of aliphatic hydroxyl groups is 1. The Hall–Kier alpha value is -2.06. The molecule has 0 unspecified atom stereocenters. The van der Waals surface area contributed by atoms with Gasteiger partial charge in [0.1, 0.15) is 0 Å². The minimum Gasteiger partial charge on any atom is -0.399 e. The van der Waals surface area contributed by atoms with E-state index in [1.54, 1.807) is 0 Å². The van der Waals surface area contributed by atoms with Crippen molar-refractivity contribution in [3.63, 3.8) is 0 Å². The lowest BCUT2D eigenvalue weighted by Gasteiger charge is -2.44. The first-order valence-corrected chi connectivity index (χ1v) is 12.1. The van der Waals surface area contributed by atoms with Gasteiger partial charge in [-0.2, -0.15) is 0 Å². The van der Waals surface area contributed by atoms with Gasteiger partial charge in [-0.1, -0.05) is 30.3 Å². The van der Waals surface area contributed by atoms with Crippen molar-refractivity contribution in [1.29, 1.82) is 0 Å². The van der Waals surface area contributed by atoms with Crippen LogP contribution in [-0.2, 0) is 22.2 Å². The van der Waals surface area contributed by atoms with Crippen LogP contribution in [0.3, 0.4) is 0 Å². The number of para-hydroxylation sites is 2. The summed E-state index contributed by atoms with van der Waals surface area (Å²) in [5.41, 5.74) is 10.9. The number of nitrogen functional groups attached to an aromatic ring is 1. The molecule has 33 heavy (non-hydrogen) atoms. The number of aliphatic hydroxyl groups excluding tert-OH is 1. The zero-order chi connectivity index (χ0) is 23.4. The van der Waals surface area contributed by atoms with Crippen LogP contribution in [0.5, 0.6) is 0 Å². The van der Waals surface area contributed by atoms with E-state index in [0.717, 1.165) is 49.4 Å². The third kappa shape index (κ3) is 4.05. The highest BCUT2D eigenvalue weighted by Crippen LogP contribution is 2.37. The molecule has 3 aliphatic rings. The molecular weight excluding hydrogens is 413 g/mol. The molecule has 2 saturated heterocycles. The average molecular weight is 449 g/mol. The van der Waals surface area contributed by atoms with Crippen molar-refractivity contribution in [2.45, 2.75) is 63.9 Å². The largest absolute Gasteiger partial charge is 0.495 e. The molecule has 0 aromatic heterocycles. The highest BCUT2D eigenvalue weighted by Gasteiger charge is 2.52. The minimum atomic E-state index is -0.408.